The summed E-state index contributed by atoms with van der Waals surface area (Å²) in [6.07, 6.45) is 5.01. The second-order valence-electron chi connectivity index (χ2n) is 7.45. The number of halogens is 1. The van der Waals surface area contributed by atoms with Crippen molar-refractivity contribution >= 4 is 16.6 Å². The lowest BCUT2D eigenvalue weighted by Crippen LogP contribution is -2.31. The summed E-state index contributed by atoms with van der Waals surface area (Å²) in [7, 11) is 0. The SMILES string of the molecule is Oc1ccc(-c2cc(NCCCN3CCCCC3)c3cc(F)ccc3n2)cc1. The molecule has 0 bridgehead atoms. The summed E-state index contributed by atoms with van der Waals surface area (Å²) in [5.74, 6) is -0.0364. The van der Waals surface area contributed by atoms with Crippen LogP contribution in [0.1, 0.15) is 25.7 Å². The maximum absolute atomic E-state index is 13.8. The molecule has 1 saturated heterocycles. The van der Waals surface area contributed by atoms with Crippen LogP contribution >= 0.6 is 0 Å². The van der Waals surface area contributed by atoms with Gasteiger partial charge >= 0.3 is 0 Å². The Morgan fingerprint density at radius 2 is 1.79 bits per heavy atom. The van der Waals surface area contributed by atoms with Crippen LogP contribution < -0.4 is 5.32 Å². The first-order valence-electron chi connectivity index (χ1n) is 10.0. The summed E-state index contributed by atoms with van der Waals surface area (Å²) in [4.78, 5) is 7.21. The van der Waals surface area contributed by atoms with Gasteiger partial charge in [0.1, 0.15) is 11.6 Å². The van der Waals surface area contributed by atoms with E-state index in [9.17, 15) is 9.50 Å². The van der Waals surface area contributed by atoms with Crippen LogP contribution in [0.3, 0.4) is 0 Å². The molecule has 28 heavy (non-hydrogen) atoms. The molecule has 2 heterocycles. The summed E-state index contributed by atoms with van der Waals surface area (Å²) in [6.45, 7) is 4.33. The molecule has 0 amide bonds. The van der Waals surface area contributed by atoms with Crippen LogP contribution in [0.2, 0.25) is 0 Å². The largest absolute Gasteiger partial charge is 0.508 e. The first-order chi connectivity index (χ1) is 13.7. The maximum atomic E-state index is 13.8. The van der Waals surface area contributed by atoms with E-state index < -0.39 is 0 Å². The Morgan fingerprint density at radius 1 is 1.00 bits per heavy atom. The van der Waals surface area contributed by atoms with Crippen molar-refractivity contribution in [3.63, 3.8) is 0 Å². The fourth-order valence-corrected chi connectivity index (χ4v) is 3.83. The Balaban J connectivity index is 1.54. The van der Waals surface area contributed by atoms with Gasteiger partial charge in [0.05, 0.1) is 11.2 Å². The first-order valence-corrected chi connectivity index (χ1v) is 10.0. The van der Waals surface area contributed by atoms with Crippen LogP contribution in [0.15, 0.2) is 48.5 Å². The zero-order chi connectivity index (χ0) is 19.3. The molecule has 1 aromatic heterocycles. The molecule has 0 unspecified atom stereocenters. The quantitative estimate of drug-likeness (QED) is 0.590. The van der Waals surface area contributed by atoms with Gasteiger partial charge in [0, 0.05) is 23.2 Å². The Kier molecular flexibility index (Phi) is 5.72. The number of hydrogen-bond donors (Lipinski definition) is 2. The second-order valence-corrected chi connectivity index (χ2v) is 7.45. The number of benzene rings is 2. The van der Waals surface area contributed by atoms with E-state index in [0.717, 1.165) is 47.4 Å². The van der Waals surface area contributed by atoms with Crippen molar-refractivity contribution in [3.8, 4) is 17.0 Å². The molecule has 0 radical (unpaired) electrons. The lowest BCUT2D eigenvalue weighted by Gasteiger charge is -2.26. The molecular weight excluding hydrogens is 353 g/mol. The van der Waals surface area contributed by atoms with Crippen LogP contribution in [-0.2, 0) is 0 Å². The zero-order valence-corrected chi connectivity index (χ0v) is 16.0. The van der Waals surface area contributed by atoms with Crippen molar-refractivity contribution in [2.75, 3.05) is 31.5 Å². The van der Waals surface area contributed by atoms with Gasteiger partial charge in [-0.3, -0.25) is 0 Å². The van der Waals surface area contributed by atoms with Crippen LogP contribution in [0, 0.1) is 5.82 Å². The molecule has 5 heteroatoms. The van der Waals surface area contributed by atoms with Gasteiger partial charge in [-0.25, -0.2) is 9.37 Å². The molecule has 4 nitrogen and oxygen atoms in total. The van der Waals surface area contributed by atoms with Gasteiger partial charge in [-0.2, -0.15) is 0 Å². The Hall–Kier alpha value is -2.66. The summed E-state index contributed by atoms with van der Waals surface area (Å²) >= 11 is 0. The lowest BCUT2D eigenvalue weighted by molar-refractivity contribution is 0.228. The number of aromatic hydroxyl groups is 1. The highest BCUT2D eigenvalue weighted by Crippen LogP contribution is 2.29. The summed E-state index contributed by atoms with van der Waals surface area (Å²) in [5, 5.41) is 13.8. The van der Waals surface area contributed by atoms with E-state index in [1.807, 2.05) is 18.2 Å². The standard InChI is InChI=1S/C23H26FN3O/c24-18-7-10-21-20(15-18)23(25-11-4-14-27-12-2-1-3-13-27)16-22(26-21)17-5-8-19(28)9-6-17/h5-10,15-16,28H,1-4,11-14H2,(H,25,26). The normalized spacial score (nSPS) is 15.0. The molecule has 0 saturated carbocycles. The minimum atomic E-state index is -0.261. The monoisotopic (exact) mass is 379 g/mol. The smallest absolute Gasteiger partial charge is 0.124 e. The minimum Gasteiger partial charge on any atom is -0.508 e. The highest BCUT2D eigenvalue weighted by atomic mass is 19.1. The van der Waals surface area contributed by atoms with Gasteiger partial charge in [0.15, 0.2) is 0 Å². The van der Waals surface area contributed by atoms with E-state index in [0.29, 0.717) is 0 Å². The van der Waals surface area contributed by atoms with Crippen LogP contribution in [0.25, 0.3) is 22.2 Å². The molecule has 1 fully saturated rings. The third-order valence-corrected chi connectivity index (χ3v) is 5.35. The number of hydrogen-bond acceptors (Lipinski definition) is 4. The fraction of sp³-hybridized carbons (Fsp3) is 0.348. The molecule has 0 spiro atoms. The van der Waals surface area contributed by atoms with Gasteiger partial charge in [0.2, 0.25) is 0 Å². The third-order valence-electron chi connectivity index (χ3n) is 5.35. The Labute approximate surface area is 165 Å². The number of aromatic nitrogens is 1. The van der Waals surface area contributed by atoms with Crippen molar-refractivity contribution in [2.45, 2.75) is 25.7 Å². The van der Waals surface area contributed by atoms with Gasteiger partial charge in [-0.1, -0.05) is 6.42 Å². The summed E-state index contributed by atoms with van der Waals surface area (Å²) in [6, 6.07) is 13.6. The van der Waals surface area contributed by atoms with E-state index in [1.54, 1.807) is 18.2 Å². The van der Waals surface area contributed by atoms with Crippen LogP contribution in [0.5, 0.6) is 5.75 Å². The van der Waals surface area contributed by atoms with Gasteiger partial charge in [-0.15, -0.1) is 0 Å². The molecule has 2 N–H and O–H groups in total. The average molecular weight is 379 g/mol. The van der Waals surface area contributed by atoms with Gasteiger partial charge in [0.25, 0.3) is 0 Å². The van der Waals surface area contributed by atoms with Crippen molar-refractivity contribution in [1.29, 1.82) is 0 Å². The molecule has 146 valence electrons. The van der Waals surface area contributed by atoms with Crippen LogP contribution in [-0.4, -0.2) is 41.2 Å². The molecule has 3 aromatic rings. The highest BCUT2D eigenvalue weighted by molar-refractivity contribution is 5.93. The predicted octanol–water partition coefficient (Wildman–Crippen LogP) is 5.03. The highest BCUT2D eigenvalue weighted by Gasteiger charge is 2.11. The molecule has 4 rings (SSSR count). The van der Waals surface area contributed by atoms with E-state index in [2.05, 4.69) is 15.2 Å². The first kappa shape index (κ1) is 18.7. The number of piperidine rings is 1. The summed E-state index contributed by atoms with van der Waals surface area (Å²) in [5.41, 5.74) is 3.37. The van der Waals surface area contributed by atoms with E-state index in [4.69, 9.17) is 0 Å². The molecule has 1 aliphatic heterocycles. The number of likely N-dealkylation sites (tertiary alicyclic amines) is 1. The number of anilines is 1. The number of phenols is 1. The molecule has 0 aliphatic carbocycles. The second kappa shape index (κ2) is 8.57. The van der Waals surface area contributed by atoms with Crippen molar-refractivity contribution in [1.82, 2.24) is 9.88 Å². The number of fused-ring (bicyclic) bond motifs is 1. The number of nitrogens with one attached hydrogen (secondary N) is 1. The lowest BCUT2D eigenvalue weighted by atomic mass is 10.1. The van der Waals surface area contributed by atoms with E-state index >= 15 is 0 Å². The van der Waals surface area contributed by atoms with E-state index in [1.165, 1.54) is 44.5 Å². The molecule has 1 aliphatic rings. The third kappa shape index (κ3) is 4.42. The fourth-order valence-electron chi connectivity index (χ4n) is 3.83. The Morgan fingerprint density at radius 3 is 2.57 bits per heavy atom. The topological polar surface area (TPSA) is 48.4 Å². The van der Waals surface area contributed by atoms with E-state index in [-0.39, 0.29) is 11.6 Å². The number of rotatable bonds is 6. The minimum absolute atomic E-state index is 0.225. The maximum Gasteiger partial charge on any atom is 0.124 e. The summed E-state index contributed by atoms with van der Waals surface area (Å²) < 4.78 is 13.8. The van der Waals surface area contributed by atoms with Crippen LogP contribution in [0.4, 0.5) is 10.1 Å². The van der Waals surface area contributed by atoms with Crippen molar-refractivity contribution in [2.24, 2.45) is 0 Å². The van der Waals surface area contributed by atoms with Crippen molar-refractivity contribution < 1.29 is 9.50 Å². The predicted molar refractivity (Wildman–Crippen MR) is 112 cm³/mol. The molecule has 0 atom stereocenters. The van der Waals surface area contributed by atoms with Crippen molar-refractivity contribution in [3.05, 3.63) is 54.3 Å². The number of pyridine rings is 1. The number of phenolic OH excluding ortho intramolecular Hbond substituents is 1. The number of nitrogens with zero attached hydrogens (tertiary/aromatic N) is 2. The zero-order valence-electron chi connectivity index (χ0n) is 16.0. The average Bonchev–Trinajstić information content (AvgIpc) is 2.72. The Bertz CT molecular complexity index is 936. The van der Waals surface area contributed by atoms with Gasteiger partial charge in [-0.05, 0) is 87.4 Å². The molecule has 2 aromatic carbocycles. The molecular formula is C23H26FN3O. The van der Waals surface area contributed by atoms with Gasteiger partial charge < -0.3 is 15.3 Å².